The van der Waals surface area contributed by atoms with Gasteiger partial charge in [0.15, 0.2) is 0 Å². The van der Waals surface area contributed by atoms with Gasteiger partial charge >= 0.3 is 0 Å². The zero-order chi connectivity index (χ0) is 13.8. The molecule has 4 heteroatoms. The molecule has 0 amide bonds. The van der Waals surface area contributed by atoms with Crippen LogP contribution in [0.15, 0.2) is 4.47 Å². The molecule has 0 aromatic carbocycles. The SMILES string of the molecule is CCn1nc(C)c(Br)c1CC(=O)C1CCCCCC1. The fraction of sp³-hybridized carbons (Fsp3) is 0.733. The van der Waals surface area contributed by atoms with Gasteiger partial charge in [0.05, 0.1) is 15.9 Å². The minimum atomic E-state index is 0.273. The number of Topliss-reactive ketones (excluding diaryl/α,β-unsaturated/α-hetero) is 1. The predicted molar refractivity (Wildman–Crippen MR) is 80.2 cm³/mol. The van der Waals surface area contributed by atoms with Crippen LogP contribution in [0.3, 0.4) is 0 Å². The number of carbonyl (C=O) groups is 1. The van der Waals surface area contributed by atoms with Gasteiger partial charge in [-0.3, -0.25) is 9.48 Å². The van der Waals surface area contributed by atoms with Gasteiger partial charge in [0.2, 0.25) is 0 Å². The molecule has 1 heterocycles. The van der Waals surface area contributed by atoms with Gasteiger partial charge in [-0.05, 0) is 42.6 Å². The number of aromatic nitrogens is 2. The number of aryl methyl sites for hydroxylation is 2. The van der Waals surface area contributed by atoms with Crippen LogP contribution in [-0.4, -0.2) is 15.6 Å². The lowest BCUT2D eigenvalue weighted by Crippen LogP contribution is -2.18. The van der Waals surface area contributed by atoms with Gasteiger partial charge in [-0.15, -0.1) is 0 Å². The fourth-order valence-electron chi connectivity index (χ4n) is 2.95. The zero-order valence-corrected chi connectivity index (χ0v) is 13.5. The van der Waals surface area contributed by atoms with Gasteiger partial charge < -0.3 is 0 Å². The Hall–Kier alpha value is -0.640. The Morgan fingerprint density at radius 3 is 2.53 bits per heavy atom. The van der Waals surface area contributed by atoms with E-state index >= 15 is 0 Å². The second-order valence-electron chi connectivity index (χ2n) is 5.49. The first kappa shape index (κ1) is 14.8. The molecule has 1 aliphatic rings. The molecule has 0 unspecified atom stereocenters. The van der Waals surface area contributed by atoms with Crippen LogP contribution in [0.4, 0.5) is 0 Å². The third-order valence-corrected chi connectivity index (χ3v) is 5.14. The quantitative estimate of drug-likeness (QED) is 0.782. The van der Waals surface area contributed by atoms with E-state index in [0.29, 0.717) is 12.2 Å². The molecule has 2 rings (SSSR count). The number of rotatable bonds is 4. The first-order valence-corrected chi connectivity index (χ1v) is 8.17. The second-order valence-corrected chi connectivity index (χ2v) is 6.29. The monoisotopic (exact) mass is 326 g/mol. The van der Waals surface area contributed by atoms with Crippen molar-refractivity contribution >= 4 is 21.7 Å². The highest BCUT2D eigenvalue weighted by molar-refractivity contribution is 9.10. The van der Waals surface area contributed by atoms with Gasteiger partial charge in [-0.25, -0.2) is 0 Å². The van der Waals surface area contributed by atoms with E-state index in [1.54, 1.807) is 0 Å². The minimum Gasteiger partial charge on any atom is -0.299 e. The molecule has 0 radical (unpaired) electrons. The molecule has 1 saturated carbocycles. The summed E-state index contributed by atoms with van der Waals surface area (Å²) in [5, 5.41) is 4.46. The Labute approximate surface area is 123 Å². The Kier molecular flexibility index (Phi) is 5.20. The van der Waals surface area contributed by atoms with Crippen molar-refractivity contribution in [2.45, 2.75) is 65.3 Å². The molecule has 0 spiro atoms. The molecule has 0 N–H and O–H groups in total. The third-order valence-electron chi connectivity index (χ3n) is 4.11. The van der Waals surface area contributed by atoms with Crippen LogP contribution >= 0.6 is 15.9 Å². The summed E-state index contributed by atoms with van der Waals surface area (Å²) in [6, 6.07) is 0. The third kappa shape index (κ3) is 3.47. The van der Waals surface area contributed by atoms with E-state index in [2.05, 4.69) is 28.0 Å². The largest absolute Gasteiger partial charge is 0.299 e. The maximum Gasteiger partial charge on any atom is 0.141 e. The molecular formula is C15H23BrN2O. The van der Waals surface area contributed by atoms with Crippen molar-refractivity contribution < 1.29 is 4.79 Å². The number of carbonyl (C=O) groups excluding carboxylic acids is 1. The molecule has 0 aliphatic heterocycles. The minimum absolute atomic E-state index is 0.273. The van der Waals surface area contributed by atoms with Crippen molar-refractivity contribution in [2.75, 3.05) is 0 Å². The van der Waals surface area contributed by atoms with Crippen LogP contribution < -0.4 is 0 Å². The molecule has 0 saturated heterocycles. The van der Waals surface area contributed by atoms with Gasteiger partial charge in [0, 0.05) is 18.9 Å². The van der Waals surface area contributed by atoms with E-state index in [1.807, 2.05) is 11.6 Å². The van der Waals surface area contributed by atoms with Crippen LogP contribution in [0, 0.1) is 12.8 Å². The average molecular weight is 327 g/mol. The molecule has 1 aromatic rings. The molecule has 0 atom stereocenters. The molecule has 106 valence electrons. The summed E-state index contributed by atoms with van der Waals surface area (Å²) < 4.78 is 2.96. The van der Waals surface area contributed by atoms with Crippen molar-refractivity contribution in [3.63, 3.8) is 0 Å². The van der Waals surface area contributed by atoms with E-state index in [-0.39, 0.29) is 5.92 Å². The van der Waals surface area contributed by atoms with Gasteiger partial charge in [0.25, 0.3) is 0 Å². The standard InChI is InChI=1S/C15H23BrN2O/c1-3-18-13(15(16)11(2)17-18)10-14(19)12-8-6-4-5-7-9-12/h12H,3-10H2,1-2H3. The summed E-state index contributed by atoms with van der Waals surface area (Å²) in [7, 11) is 0. The average Bonchev–Trinajstić information content (AvgIpc) is 2.65. The molecule has 19 heavy (non-hydrogen) atoms. The molecule has 1 fully saturated rings. The zero-order valence-electron chi connectivity index (χ0n) is 11.9. The van der Waals surface area contributed by atoms with Crippen LogP contribution in [0.5, 0.6) is 0 Å². The molecular weight excluding hydrogens is 304 g/mol. The maximum atomic E-state index is 12.5. The summed E-state index contributed by atoms with van der Waals surface area (Å²) in [5.41, 5.74) is 2.03. The second kappa shape index (κ2) is 6.69. The number of nitrogens with zero attached hydrogens (tertiary/aromatic N) is 2. The topological polar surface area (TPSA) is 34.9 Å². The van der Waals surface area contributed by atoms with E-state index in [9.17, 15) is 4.79 Å². The number of hydrogen-bond donors (Lipinski definition) is 0. The fourth-order valence-corrected chi connectivity index (χ4v) is 3.37. The van der Waals surface area contributed by atoms with Crippen LogP contribution in [0.25, 0.3) is 0 Å². The lowest BCUT2D eigenvalue weighted by Gasteiger charge is -2.13. The Morgan fingerprint density at radius 2 is 1.95 bits per heavy atom. The molecule has 1 aromatic heterocycles. The number of halogens is 1. The first-order valence-electron chi connectivity index (χ1n) is 7.38. The Bertz CT molecular complexity index is 445. The molecule has 0 bridgehead atoms. The summed E-state index contributed by atoms with van der Waals surface area (Å²) in [4.78, 5) is 12.5. The summed E-state index contributed by atoms with van der Waals surface area (Å²) >= 11 is 3.57. The Morgan fingerprint density at radius 1 is 1.32 bits per heavy atom. The summed E-state index contributed by atoms with van der Waals surface area (Å²) in [5.74, 6) is 0.673. The van der Waals surface area contributed by atoms with E-state index in [4.69, 9.17) is 0 Å². The molecule has 1 aliphatic carbocycles. The van der Waals surface area contributed by atoms with Crippen molar-refractivity contribution in [1.29, 1.82) is 0 Å². The van der Waals surface area contributed by atoms with E-state index < -0.39 is 0 Å². The smallest absolute Gasteiger partial charge is 0.141 e. The maximum absolute atomic E-state index is 12.5. The van der Waals surface area contributed by atoms with E-state index in [1.165, 1.54) is 25.7 Å². The van der Waals surface area contributed by atoms with Crippen molar-refractivity contribution in [2.24, 2.45) is 5.92 Å². The lowest BCUT2D eigenvalue weighted by molar-refractivity contribution is -0.122. The van der Waals surface area contributed by atoms with Crippen LogP contribution in [0.1, 0.15) is 56.8 Å². The Balaban J connectivity index is 2.09. The highest BCUT2D eigenvalue weighted by Gasteiger charge is 2.23. The summed E-state index contributed by atoms with van der Waals surface area (Å²) in [6.45, 7) is 4.87. The van der Waals surface area contributed by atoms with Gasteiger partial charge in [-0.2, -0.15) is 5.10 Å². The van der Waals surface area contributed by atoms with Crippen molar-refractivity contribution in [3.05, 3.63) is 15.9 Å². The number of ketones is 1. The van der Waals surface area contributed by atoms with Crippen LogP contribution in [0.2, 0.25) is 0 Å². The van der Waals surface area contributed by atoms with Gasteiger partial charge in [-0.1, -0.05) is 25.7 Å². The summed E-state index contributed by atoms with van der Waals surface area (Å²) in [6.07, 6.45) is 7.69. The normalized spacial score (nSPS) is 17.4. The lowest BCUT2D eigenvalue weighted by atomic mass is 9.93. The first-order chi connectivity index (χ1) is 9.13. The predicted octanol–water partition coefficient (Wildman–Crippen LogP) is 4.06. The van der Waals surface area contributed by atoms with Crippen molar-refractivity contribution in [3.8, 4) is 0 Å². The highest BCUT2D eigenvalue weighted by atomic mass is 79.9. The van der Waals surface area contributed by atoms with E-state index in [0.717, 1.165) is 35.2 Å². The molecule has 3 nitrogen and oxygen atoms in total. The van der Waals surface area contributed by atoms with Gasteiger partial charge in [0.1, 0.15) is 5.78 Å². The van der Waals surface area contributed by atoms with Crippen LogP contribution in [-0.2, 0) is 17.8 Å². The number of hydrogen-bond acceptors (Lipinski definition) is 2. The highest BCUT2D eigenvalue weighted by Crippen LogP contribution is 2.27. The van der Waals surface area contributed by atoms with Crippen molar-refractivity contribution in [1.82, 2.24) is 9.78 Å².